The Bertz CT molecular complexity index is 390. The van der Waals surface area contributed by atoms with Gasteiger partial charge >= 0.3 is 0 Å². The fourth-order valence-corrected chi connectivity index (χ4v) is 8.06. The highest BCUT2D eigenvalue weighted by molar-refractivity contribution is 7.78. The lowest BCUT2D eigenvalue weighted by molar-refractivity contribution is 0.579. The van der Waals surface area contributed by atoms with Crippen molar-refractivity contribution < 1.29 is 4.57 Å². The van der Waals surface area contributed by atoms with Gasteiger partial charge in [-0.15, -0.1) is 11.3 Å². The molecular formula is C10H14NOPS. The van der Waals surface area contributed by atoms with Gasteiger partial charge in [0.1, 0.15) is 7.14 Å². The van der Waals surface area contributed by atoms with Crippen LogP contribution < -0.4 is 4.62 Å². The van der Waals surface area contributed by atoms with Crippen LogP contribution in [0.3, 0.4) is 0 Å². The van der Waals surface area contributed by atoms with Crippen molar-refractivity contribution >= 4 is 23.1 Å². The summed E-state index contributed by atoms with van der Waals surface area (Å²) < 4.78 is 14.1. The molecule has 3 rings (SSSR count). The van der Waals surface area contributed by atoms with Gasteiger partial charge in [0.2, 0.25) is 0 Å². The number of thiazole rings is 1. The Balaban J connectivity index is 2.07. The van der Waals surface area contributed by atoms with Crippen molar-refractivity contribution in [1.82, 2.24) is 4.98 Å². The topological polar surface area (TPSA) is 30.0 Å². The fourth-order valence-electron chi connectivity index (χ4n) is 2.18. The first-order valence-corrected chi connectivity index (χ1v) is 7.95. The normalized spacial score (nSPS) is 22.6. The molecule has 76 valence electrons. The fraction of sp³-hybridized carbons (Fsp3) is 0.700. The average Bonchev–Trinajstić information content (AvgIpc) is 3.00. The third kappa shape index (κ3) is 1.22. The number of rotatable bonds is 3. The second-order valence-corrected chi connectivity index (χ2v) is 8.90. The molecule has 1 aromatic heterocycles. The van der Waals surface area contributed by atoms with Crippen molar-refractivity contribution in [2.45, 2.75) is 43.9 Å². The predicted molar refractivity (Wildman–Crippen MR) is 60.1 cm³/mol. The maximum absolute atomic E-state index is 13.0. The summed E-state index contributed by atoms with van der Waals surface area (Å²) in [4.78, 5) is 4.25. The van der Waals surface area contributed by atoms with Gasteiger partial charge in [-0.05, 0) is 32.6 Å². The number of hydrogen-bond acceptors (Lipinski definition) is 3. The highest BCUT2D eigenvalue weighted by Gasteiger charge is 2.53. The van der Waals surface area contributed by atoms with Gasteiger partial charge in [0.15, 0.2) is 0 Å². The average molecular weight is 227 g/mol. The third-order valence-electron chi connectivity index (χ3n) is 3.22. The molecule has 0 atom stereocenters. The Morgan fingerprint density at radius 3 is 2.29 bits per heavy atom. The molecule has 1 aromatic rings. The van der Waals surface area contributed by atoms with Crippen molar-refractivity contribution in [3.63, 3.8) is 0 Å². The van der Waals surface area contributed by atoms with Crippen LogP contribution in [0.2, 0.25) is 0 Å². The molecule has 0 aromatic carbocycles. The highest BCUT2D eigenvalue weighted by Crippen LogP contribution is 2.70. The molecule has 0 bridgehead atoms. The number of aryl methyl sites for hydroxylation is 1. The van der Waals surface area contributed by atoms with E-state index in [2.05, 4.69) is 4.98 Å². The van der Waals surface area contributed by atoms with Gasteiger partial charge < -0.3 is 4.57 Å². The second-order valence-electron chi connectivity index (χ2n) is 4.41. The smallest absolute Gasteiger partial charge is 0.132 e. The predicted octanol–water partition coefficient (Wildman–Crippen LogP) is 2.76. The monoisotopic (exact) mass is 227 g/mol. The number of aromatic nitrogens is 1. The molecule has 2 fully saturated rings. The van der Waals surface area contributed by atoms with E-state index in [-0.39, 0.29) is 0 Å². The number of nitrogens with zero attached hydrogens (tertiary/aromatic N) is 1. The van der Waals surface area contributed by atoms with E-state index in [0.29, 0.717) is 11.3 Å². The van der Waals surface area contributed by atoms with Crippen molar-refractivity contribution in [1.29, 1.82) is 0 Å². The van der Waals surface area contributed by atoms with Crippen molar-refractivity contribution in [2.24, 2.45) is 0 Å². The zero-order valence-electron chi connectivity index (χ0n) is 8.27. The highest BCUT2D eigenvalue weighted by atomic mass is 32.1. The van der Waals surface area contributed by atoms with Gasteiger partial charge in [0.05, 0.1) is 15.8 Å². The minimum Gasteiger partial charge on any atom is -0.317 e. The molecule has 1 heterocycles. The maximum Gasteiger partial charge on any atom is 0.132 e. The molecule has 2 nitrogen and oxygen atoms in total. The van der Waals surface area contributed by atoms with Crippen LogP contribution >= 0.6 is 18.5 Å². The molecule has 0 N–H and O–H groups in total. The molecule has 0 spiro atoms. The summed E-state index contributed by atoms with van der Waals surface area (Å²) in [5.74, 6) is 0. The first-order chi connectivity index (χ1) is 6.73. The molecule has 2 saturated carbocycles. The molecule has 0 amide bonds. The number of hydrogen-bond donors (Lipinski definition) is 0. The van der Waals surface area contributed by atoms with E-state index in [1.807, 2.05) is 12.4 Å². The van der Waals surface area contributed by atoms with Crippen molar-refractivity contribution in [2.75, 3.05) is 0 Å². The van der Waals surface area contributed by atoms with Crippen LogP contribution in [0, 0.1) is 6.92 Å². The molecule has 0 aliphatic heterocycles. The quantitative estimate of drug-likeness (QED) is 0.743. The first-order valence-electron chi connectivity index (χ1n) is 5.23. The molecule has 14 heavy (non-hydrogen) atoms. The molecule has 0 radical (unpaired) electrons. The summed E-state index contributed by atoms with van der Waals surface area (Å²) in [5.41, 5.74) is 3.92. The molecule has 2 aliphatic rings. The van der Waals surface area contributed by atoms with E-state index in [1.165, 1.54) is 25.7 Å². The Morgan fingerprint density at radius 2 is 1.93 bits per heavy atom. The van der Waals surface area contributed by atoms with Crippen LogP contribution in [-0.2, 0) is 4.57 Å². The zero-order valence-corrected chi connectivity index (χ0v) is 9.98. The summed E-state index contributed by atoms with van der Waals surface area (Å²) in [5, 5.41) is 0. The van der Waals surface area contributed by atoms with E-state index in [9.17, 15) is 4.57 Å². The first kappa shape index (κ1) is 9.11. The van der Waals surface area contributed by atoms with Gasteiger partial charge in [-0.1, -0.05) is 0 Å². The summed E-state index contributed by atoms with van der Waals surface area (Å²) in [7, 11) is -2.03. The van der Waals surface area contributed by atoms with Crippen molar-refractivity contribution in [3.8, 4) is 0 Å². The van der Waals surface area contributed by atoms with E-state index >= 15 is 0 Å². The van der Waals surface area contributed by atoms with Gasteiger partial charge in [-0.2, -0.15) is 0 Å². The Kier molecular flexibility index (Phi) is 1.91. The van der Waals surface area contributed by atoms with Crippen molar-refractivity contribution in [3.05, 3.63) is 11.2 Å². The van der Waals surface area contributed by atoms with E-state index < -0.39 is 7.14 Å². The summed E-state index contributed by atoms with van der Waals surface area (Å²) in [6, 6.07) is 0. The lowest BCUT2D eigenvalue weighted by Gasteiger charge is -2.15. The Morgan fingerprint density at radius 1 is 1.36 bits per heavy atom. The van der Waals surface area contributed by atoms with Crippen LogP contribution in [0.5, 0.6) is 0 Å². The van der Waals surface area contributed by atoms with Gasteiger partial charge in [-0.25, -0.2) is 4.98 Å². The van der Waals surface area contributed by atoms with Gasteiger partial charge in [0, 0.05) is 11.3 Å². The van der Waals surface area contributed by atoms with E-state index in [0.717, 1.165) is 10.3 Å². The largest absolute Gasteiger partial charge is 0.317 e. The molecule has 0 unspecified atom stereocenters. The van der Waals surface area contributed by atoms with Gasteiger partial charge in [0.25, 0.3) is 0 Å². The third-order valence-corrected chi connectivity index (χ3v) is 9.28. The summed E-state index contributed by atoms with van der Waals surface area (Å²) in [6.45, 7) is 2.00. The summed E-state index contributed by atoms with van der Waals surface area (Å²) in [6.07, 6.45) is 4.74. The van der Waals surface area contributed by atoms with E-state index in [4.69, 9.17) is 0 Å². The minimum absolute atomic E-state index is 0.522. The molecular weight excluding hydrogens is 213 g/mol. The zero-order chi connectivity index (χ0) is 9.76. The lowest BCUT2D eigenvalue weighted by atomic mass is 10.6. The van der Waals surface area contributed by atoms with Crippen LogP contribution in [0.25, 0.3) is 0 Å². The second kappa shape index (κ2) is 2.93. The Labute approximate surface area is 88.1 Å². The standard InChI is InChI=1S/C10H14NOPS/c1-7-10(14-6-11-7)13(12,8-2-3-8)9-4-5-9/h6,8-9H,2-5H2,1H3. The minimum atomic E-state index is -2.03. The maximum atomic E-state index is 13.0. The van der Waals surface area contributed by atoms with Crippen LogP contribution in [0.1, 0.15) is 31.4 Å². The van der Waals surface area contributed by atoms with E-state index in [1.54, 1.807) is 11.3 Å². The summed E-state index contributed by atoms with van der Waals surface area (Å²) >= 11 is 1.62. The molecule has 0 saturated heterocycles. The lowest BCUT2D eigenvalue weighted by Crippen LogP contribution is -2.11. The van der Waals surface area contributed by atoms with Crippen LogP contribution in [0.4, 0.5) is 0 Å². The molecule has 4 heteroatoms. The molecule has 2 aliphatic carbocycles. The Hall–Kier alpha value is -0.140. The SMILES string of the molecule is Cc1ncsc1P(=O)(C1CC1)C1CC1. The van der Waals surface area contributed by atoms with Crippen LogP contribution in [-0.4, -0.2) is 16.3 Å². The van der Waals surface area contributed by atoms with Gasteiger partial charge in [-0.3, -0.25) is 0 Å². The van der Waals surface area contributed by atoms with Crippen LogP contribution in [0.15, 0.2) is 5.51 Å².